The van der Waals surface area contributed by atoms with Crippen LogP contribution in [0.15, 0.2) is 35.5 Å². The average molecular weight is 990 g/mol. The first-order chi connectivity index (χ1) is 33.2. The normalized spacial score (nSPS) is 28.2. The molecule has 2 saturated heterocycles. The van der Waals surface area contributed by atoms with E-state index >= 15 is 0 Å². The lowest BCUT2D eigenvalue weighted by Crippen LogP contribution is -2.61. The van der Waals surface area contributed by atoms with Gasteiger partial charge in [-0.1, -0.05) is 46.8 Å². The van der Waals surface area contributed by atoms with Crippen LogP contribution in [0.5, 0.6) is 0 Å². The molecule has 1 amide bonds. The van der Waals surface area contributed by atoms with Crippen LogP contribution in [0.4, 0.5) is 0 Å². The van der Waals surface area contributed by atoms with Gasteiger partial charge in [0.25, 0.3) is 11.7 Å². The highest BCUT2D eigenvalue weighted by Gasteiger charge is 2.53. The van der Waals surface area contributed by atoms with Crippen LogP contribution in [0.3, 0.4) is 0 Å². The van der Waals surface area contributed by atoms with E-state index in [1.165, 1.54) is 26.4 Å². The average Bonchev–Trinajstić information content (AvgIpc) is 3.34. The fourth-order valence-corrected chi connectivity index (χ4v) is 10.3. The van der Waals surface area contributed by atoms with Gasteiger partial charge >= 0.3 is 5.97 Å². The molecule has 1 aliphatic carbocycles. The molecule has 3 aliphatic rings. The lowest BCUT2D eigenvalue weighted by Gasteiger charge is -2.42. The van der Waals surface area contributed by atoms with Gasteiger partial charge in [-0.25, -0.2) is 4.79 Å². The highest BCUT2D eigenvalue weighted by molar-refractivity contribution is 6.39. The van der Waals surface area contributed by atoms with Crippen LogP contribution in [-0.2, 0) is 62.0 Å². The summed E-state index contributed by atoms with van der Waals surface area (Å²) in [6, 6.07) is -1.19. The molecule has 396 valence electrons. The van der Waals surface area contributed by atoms with Crippen LogP contribution in [0, 0.1) is 35.5 Å². The zero-order chi connectivity index (χ0) is 52.3. The highest BCUT2D eigenvalue weighted by atomic mass is 16.6. The zero-order valence-electron chi connectivity index (χ0n) is 43.2. The van der Waals surface area contributed by atoms with E-state index in [1.54, 1.807) is 53.9 Å². The first-order valence-electron chi connectivity index (χ1n) is 25.1. The Morgan fingerprint density at radius 1 is 0.886 bits per heavy atom. The first-order valence-corrected chi connectivity index (χ1v) is 25.1. The van der Waals surface area contributed by atoms with Gasteiger partial charge in [-0.2, -0.15) is 0 Å². The van der Waals surface area contributed by atoms with Gasteiger partial charge in [0, 0.05) is 58.5 Å². The van der Waals surface area contributed by atoms with Crippen molar-refractivity contribution >= 4 is 41.8 Å². The largest absolute Gasteiger partial charge is 0.460 e. The van der Waals surface area contributed by atoms with Crippen molar-refractivity contribution in [2.75, 3.05) is 41.1 Å². The predicted octanol–water partition coefficient (Wildman–Crippen LogP) is 5.03. The molecule has 1 saturated carbocycles. The number of aldehydes is 2. The maximum absolute atomic E-state index is 14.4. The van der Waals surface area contributed by atoms with E-state index in [4.69, 9.17) is 28.4 Å². The van der Waals surface area contributed by atoms with Gasteiger partial charge in [-0.3, -0.25) is 28.8 Å². The van der Waals surface area contributed by atoms with Gasteiger partial charge in [0.15, 0.2) is 5.78 Å². The summed E-state index contributed by atoms with van der Waals surface area (Å²) in [6.07, 6.45) is 7.19. The van der Waals surface area contributed by atoms with E-state index in [9.17, 15) is 48.9 Å². The summed E-state index contributed by atoms with van der Waals surface area (Å²) in [7, 11) is 4.42. The molecule has 0 radical (unpaired) electrons. The number of ketones is 3. The van der Waals surface area contributed by atoms with Crippen LogP contribution >= 0.6 is 0 Å². The molecule has 17 heteroatoms. The van der Waals surface area contributed by atoms with Crippen molar-refractivity contribution in [2.45, 2.75) is 180 Å². The molecule has 70 heavy (non-hydrogen) atoms. The van der Waals surface area contributed by atoms with E-state index in [0.29, 0.717) is 75.1 Å². The number of amides is 1. The minimum Gasteiger partial charge on any atom is -0.460 e. The van der Waals surface area contributed by atoms with Crippen molar-refractivity contribution in [3.63, 3.8) is 0 Å². The van der Waals surface area contributed by atoms with E-state index in [-0.39, 0.29) is 80.5 Å². The second-order valence-corrected chi connectivity index (χ2v) is 20.0. The Kier molecular flexibility index (Phi) is 25.6. The van der Waals surface area contributed by atoms with Gasteiger partial charge in [0.1, 0.15) is 42.7 Å². The smallest absolute Gasteiger partial charge is 0.329 e. The second-order valence-electron chi connectivity index (χ2n) is 20.0. The number of hydrogen-bond acceptors (Lipinski definition) is 16. The number of nitrogens with zero attached hydrogens (tertiary/aromatic N) is 1. The minimum atomic E-state index is -2.49. The van der Waals surface area contributed by atoms with Crippen LogP contribution in [-0.4, -0.2) is 158 Å². The standard InChI is InChI=1S/C53H83NO16/c1-32(14-13-22-55)26-36(5)47(59)49(67-10)48(60)37(6)27-34(3)42(58)31-45(35(4)28-39-17-19-43(68-25-24-57)46(29-39)66-9)69-52(63)41-15-11-12-21-54(41)51(62)50(61)53(64)38(7)16-18-40(70-53)30-44(65-8)33(2)20-23-56/h13-14,20,22-23,27,32,34-36,38-41,43-46,48-49,57,60,64H,11-12,15-19,21,24-26,28-31H2,1-10H3/b14-13+,33-20+,37-27+/t32-,34-,35-,36-,38-,39-,40+,41+,43-,44+,45+,46-,48-,49+,53-/m1/s1. The summed E-state index contributed by atoms with van der Waals surface area (Å²) in [5.74, 6) is -8.60. The third-order valence-electron chi connectivity index (χ3n) is 14.7. The second kappa shape index (κ2) is 29.6. The number of aliphatic hydroxyl groups excluding tert-OH is 2. The lowest BCUT2D eigenvalue weighted by molar-refractivity contribution is -0.265. The predicted molar refractivity (Wildman–Crippen MR) is 259 cm³/mol. The highest BCUT2D eigenvalue weighted by Crippen LogP contribution is 2.38. The van der Waals surface area contributed by atoms with Crippen molar-refractivity contribution in [3.05, 3.63) is 35.5 Å². The van der Waals surface area contributed by atoms with Crippen molar-refractivity contribution in [1.29, 1.82) is 0 Å². The van der Waals surface area contributed by atoms with E-state index in [0.717, 1.165) is 11.3 Å². The number of Topliss-reactive ketones (excluding diaryl/α,β-unsaturated/α-hetero) is 3. The van der Waals surface area contributed by atoms with Gasteiger partial charge in [-0.05, 0) is 119 Å². The minimum absolute atomic E-state index is 0.0439. The number of ether oxygens (including phenoxy) is 6. The monoisotopic (exact) mass is 990 g/mol. The maximum atomic E-state index is 14.4. The summed E-state index contributed by atoms with van der Waals surface area (Å²) in [6.45, 7) is 12.2. The van der Waals surface area contributed by atoms with E-state index in [2.05, 4.69) is 0 Å². The van der Waals surface area contributed by atoms with Crippen LogP contribution in [0.2, 0.25) is 0 Å². The molecule has 3 N–H and O–H groups in total. The van der Waals surface area contributed by atoms with E-state index < -0.39 is 77.8 Å². The third kappa shape index (κ3) is 16.9. The number of likely N-dealkylation sites (tertiary alicyclic amines) is 1. The molecule has 0 aromatic carbocycles. The number of rotatable bonds is 29. The molecule has 0 spiro atoms. The summed E-state index contributed by atoms with van der Waals surface area (Å²) in [5.41, 5.74) is 0.968. The molecule has 17 nitrogen and oxygen atoms in total. The summed E-state index contributed by atoms with van der Waals surface area (Å²) in [4.78, 5) is 93.6. The van der Waals surface area contributed by atoms with Crippen molar-refractivity contribution in [3.8, 4) is 0 Å². The molecular weight excluding hydrogens is 907 g/mol. The molecule has 2 heterocycles. The molecule has 3 fully saturated rings. The Morgan fingerprint density at radius 3 is 2.23 bits per heavy atom. The Bertz CT molecular complexity index is 1830. The first kappa shape index (κ1) is 60.5. The quantitative estimate of drug-likeness (QED) is 0.0293. The summed E-state index contributed by atoms with van der Waals surface area (Å²) < 4.78 is 35.0. The Labute approximate surface area is 415 Å². The SMILES string of the molecule is CO[C@@H](C[C@@H]1CC[C@@H](C)[C@](O)(C(=O)C(=O)N2CCCC[C@H]2C(=O)O[C@@H](CC(=O)[C@H](C)/C=C(\C)[C@@H](O)[C@@H](OC)C(=O)[C@H](C)C[C@H](C)/C=C/C=O)[C@H](C)C[C@H]2CC[C@@H](OCCO)[C@H](OC)C2)O1)/C(C)=C/C=O. The molecular formula is C53H83NO16. The number of allylic oxidation sites excluding steroid dienone is 4. The number of carbonyl (C=O) groups excluding carboxylic acids is 7. The molecule has 0 bridgehead atoms. The fourth-order valence-electron chi connectivity index (χ4n) is 10.3. The molecule has 0 unspecified atom stereocenters. The van der Waals surface area contributed by atoms with Crippen LogP contribution in [0.25, 0.3) is 0 Å². The Hall–Kier alpha value is -3.81. The van der Waals surface area contributed by atoms with Gasteiger partial charge in [0.2, 0.25) is 5.79 Å². The Balaban J connectivity index is 1.88. The van der Waals surface area contributed by atoms with Crippen molar-refractivity contribution < 1.29 is 77.3 Å². The molecule has 3 rings (SSSR count). The van der Waals surface area contributed by atoms with Gasteiger partial charge in [-0.15, -0.1) is 0 Å². The maximum Gasteiger partial charge on any atom is 0.329 e. The van der Waals surface area contributed by atoms with Gasteiger partial charge < -0.3 is 48.6 Å². The third-order valence-corrected chi connectivity index (χ3v) is 14.7. The number of aliphatic hydroxyl groups is 3. The van der Waals surface area contributed by atoms with Crippen molar-refractivity contribution in [2.24, 2.45) is 35.5 Å². The van der Waals surface area contributed by atoms with E-state index in [1.807, 2.05) is 13.8 Å². The molecule has 15 atom stereocenters. The zero-order valence-corrected chi connectivity index (χ0v) is 43.2. The summed E-state index contributed by atoms with van der Waals surface area (Å²) >= 11 is 0. The van der Waals surface area contributed by atoms with Crippen LogP contribution in [0.1, 0.15) is 126 Å². The topological polar surface area (TPSA) is 239 Å². The molecule has 0 aromatic rings. The molecule has 0 aromatic heterocycles. The number of esters is 1. The molecule has 2 aliphatic heterocycles. The number of carbonyl (C=O) groups is 7. The van der Waals surface area contributed by atoms with Crippen LogP contribution < -0.4 is 0 Å². The number of hydrogen-bond donors (Lipinski definition) is 3. The Morgan fingerprint density at radius 2 is 1.60 bits per heavy atom. The summed E-state index contributed by atoms with van der Waals surface area (Å²) in [5, 5.41) is 32.5. The van der Waals surface area contributed by atoms with Gasteiger partial charge in [0.05, 0.1) is 37.6 Å². The number of methoxy groups -OCH3 is 3. The number of piperidine rings is 1. The van der Waals surface area contributed by atoms with Crippen molar-refractivity contribution in [1.82, 2.24) is 4.90 Å². The lowest BCUT2D eigenvalue weighted by atomic mass is 9.78. The fraction of sp³-hybridized carbons (Fsp3) is 0.755.